The zero-order valence-corrected chi connectivity index (χ0v) is 24.3. The summed E-state index contributed by atoms with van der Waals surface area (Å²) in [7, 11) is 0. The lowest BCUT2D eigenvalue weighted by atomic mass is 9.89. The van der Waals surface area contributed by atoms with Gasteiger partial charge in [0.15, 0.2) is 6.10 Å². The molecule has 1 aliphatic heterocycles. The summed E-state index contributed by atoms with van der Waals surface area (Å²) < 4.78 is 97.5. The first-order chi connectivity index (χ1) is 19.9. The quantitative estimate of drug-likeness (QED) is 0.322. The first kappa shape index (κ1) is 36.3. The van der Waals surface area contributed by atoms with E-state index in [4.69, 9.17) is 42.6 Å². The van der Waals surface area contributed by atoms with Crippen molar-refractivity contribution < 1.29 is 59.7 Å². The molecule has 2 aromatic heterocycles. The Hall–Kier alpha value is -3.93. The lowest BCUT2D eigenvalue weighted by molar-refractivity contribution is -0.208. The summed E-state index contributed by atoms with van der Waals surface area (Å²) >= 11 is 11.7. The Morgan fingerprint density at radius 2 is 1.68 bits per heavy atom. The molecule has 0 saturated carbocycles. The van der Waals surface area contributed by atoms with E-state index in [1.54, 1.807) is 20.8 Å². The molecule has 44 heavy (non-hydrogen) atoms. The van der Waals surface area contributed by atoms with Gasteiger partial charge in [-0.1, -0.05) is 23.2 Å². The molecule has 1 aliphatic rings. The number of amides is 2. The van der Waals surface area contributed by atoms with Crippen LogP contribution in [0.15, 0.2) is 29.4 Å². The van der Waals surface area contributed by atoms with E-state index in [1.807, 2.05) is 5.32 Å². The molecule has 2 amide bonds. The first-order valence-corrected chi connectivity index (χ1v) is 12.6. The predicted octanol–water partition coefficient (Wildman–Crippen LogP) is 6.26. The second kappa shape index (κ2) is 13.4. The smallest absolute Gasteiger partial charge is 0.475 e. The molecule has 0 spiro atoms. The van der Waals surface area contributed by atoms with E-state index in [0.717, 1.165) is 12.1 Å². The molecule has 0 aromatic carbocycles. The fourth-order valence-electron chi connectivity index (χ4n) is 3.26. The summed E-state index contributed by atoms with van der Waals surface area (Å²) in [6.45, 7) is 5.82. The van der Waals surface area contributed by atoms with Crippen LogP contribution in [0, 0.1) is 5.82 Å². The number of amidine groups is 1. The Morgan fingerprint density at radius 3 is 2.18 bits per heavy atom. The number of alkyl carbamates (subject to hydrolysis) is 1. The second-order valence-corrected chi connectivity index (χ2v) is 10.8. The maximum absolute atomic E-state index is 14.9. The van der Waals surface area contributed by atoms with E-state index in [1.165, 1.54) is 19.2 Å². The van der Waals surface area contributed by atoms with Crippen LogP contribution in [0.3, 0.4) is 0 Å². The molecular formula is C24H22Cl2F7N5O6. The van der Waals surface area contributed by atoms with E-state index in [2.05, 4.69) is 20.3 Å². The summed E-state index contributed by atoms with van der Waals surface area (Å²) in [6.07, 6.45) is -13.3. The number of halogens is 9. The minimum atomic E-state index is -5.08. The molecule has 0 radical (unpaired) electrons. The third-order valence-corrected chi connectivity index (χ3v) is 5.52. The Kier molecular flexibility index (Phi) is 11.0. The van der Waals surface area contributed by atoms with Gasteiger partial charge in [-0.2, -0.15) is 26.3 Å². The molecule has 0 aliphatic carbocycles. The number of nitrogens with zero attached hydrogens (tertiary/aromatic N) is 3. The number of aliphatic carboxylic acids is 1. The van der Waals surface area contributed by atoms with Crippen molar-refractivity contribution in [3.8, 4) is 0 Å². The number of carboxylic acid groups (broad SMARTS) is 1. The lowest BCUT2D eigenvalue weighted by Crippen LogP contribution is -2.49. The van der Waals surface area contributed by atoms with Crippen LogP contribution >= 0.6 is 23.2 Å². The number of carbonyl (C=O) groups excluding carboxylic acids is 2. The van der Waals surface area contributed by atoms with E-state index < -0.39 is 71.5 Å². The van der Waals surface area contributed by atoms with E-state index in [-0.39, 0.29) is 21.6 Å². The Bertz CT molecular complexity index is 1450. The third-order valence-electron chi connectivity index (χ3n) is 5.02. The van der Waals surface area contributed by atoms with Crippen molar-refractivity contribution in [2.45, 2.75) is 63.7 Å². The standard InChI is InChI=1S/C22H21Cl2F4N5O4.C2HF3O2/c1-20(2,3)37-19(35)32-18-33-21(4,8-13(36-18)22(26,27)28)16-12(25)5-6-14(30-16)31-17(34)15-11(24)7-10(23)9-29-15;3-2(4,5)1(6)7/h5-7,9,13H,8H2,1-4H3,(H,30,31,34)(H,32,33,35);(H,6,7)/t13-,21-;/m0./s1. The molecule has 11 nitrogen and oxygen atoms in total. The van der Waals surface area contributed by atoms with E-state index >= 15 is 0 Å². The molecule has 0 fully saturated rings. The molecule has 20 heteroatoms. The highest BCUT2D eigenvalue weighted by molar-refractivity contribution is 6.36. The number of ether oxygens (including phenoxy) is 2. The van der Waals surface area contributed by atoms with E-state index in [9.17, 15) is 40.3 Å². The summed E-state index contributed by atoms with van der Waals surface area (Å²) in [6, 6.07) is 2.43. The minimum Gasteiger partial charge on any atom is -0.475 e. The molecule has 2 atom stereocenters. The van der Waals surface area contributed by atoms with Crippen LogP contribution < -0.4 is 10.6 Å². The summed E-state index contributed by atoms with van der Waals surface area (Å²) in [5.74, 6) is -4.81. The van der Waals surface area contributed by atoms with Crippen molar-refractivity contribution in [1.29, 1.82) is 0 Å². The van der Waals surface area contributed by atoms with Crippen LogP contribution in [0.25, 0.3) is 0 Å². The van der Waals surface area contributed by atoms with Crippen LogP contribution in [-0.4, -0.2) is 63.1 Å². The average molecular weight is 680 g/mol. The molecule has 242 valence electrons. The van der Waals surface area contributed by atoms with Crippen LogP contribution in [0.4, 0.5) is 41.3 Å². The van der Waals surface area contributed by atoms with Crippen molar-refractivity contribution in [1.82, 2.24) is 15.3 Å². The van der Waals surface area contributed by atoms with Crippen molar-refractivity contribution in [2.75, 3.05) is 5.32 Å². The van der Waals surface area contributed by atoms with Gasteiger partial charge in [-0.05, 0) is 45.9 Å². The molecule has 2 aromatic rings. The highest BCUT2D eigenvalue weighted by Gasteiger charge is 2.51. The number of anilines is 1. The number of carboxylic acids is 1. The van der Waals surface area contributed by atoms with Gasteiger partial charge in [-0.3, -0.25) is 4.79 Å². The van der Waals surface area contributed by atoms with Gasteiger partial charge >= 0.3 is 24.4 Å². The number of aliphatic imine (C=N–C) groups is 1. The second-order valence-electron chi connectivity index (χ2n) is 9.94. The summed E-state index contributed by atoms with van der Waals surface area (Å²) in [4.78, 5) is 45.4. The molecule has 3 rings (SSSR count). The van der Waals surface area contributed by atoms with Crippen LogP contribution in [0.5, 0.6) is 0 Å². The van der Waals surface area contributed by atoms with Crippen LogP contribution in [-0.2, 0) is 19.8 Å². The zero-order valence-electron chi connectivity index (χ0n) is 22.8. The fraction of sp³-hybridized carbons (Fsp3) is 0.417. The normalized spacial score (nSPS) is 18.6. The first-order valence-electron chi connectivity index (χ1n) is 11.8. The maximum Gasteiger partial charge on any atom is 0.490 e. The predicted molar refractivity (Wildman–Crippen MR) is 140 cm³/mol. The van der Waals surface area contributed by atoms with Crippen molar-refractivity contribution in [3.05, 3.63) is 51.6 Å². The van der Waals surface area contributed by atoms with E-state index in [0.29, 0.717) is 0 Å². The van der Waals surface area contributed by atoms with Crippen molar-refractivity contribution >= 4 is 53.0 Å². The SMILES string of the molecule is CC(C)(C)OC(=O)NC1=N[C@](C)(c2nc(NC(=O)c3ncc(Cl)cc3Cl)ccc2F)C[C@@H](C(F)(F)F)O1.O=C(O)C(F)(F)F. The highest BCUT2D eigenvalue weighted by atomic mass is 35.5. The molecule has 0 bridgehead atoms. The van der Waals surface area contributed by atoms with Crippen molar-refractivity contribution in [3.63, 3.8) is 0 Å². The number of aromatic nitrogens is 2. The van der Waals surface area contributed by atoms with Crippen LogP contribution in [0.1, 0.15) is 50.3 Å². The number of pyridine rings is 2. The van der Waals surface area contributed by atoms with Gasteiger partial charge in [0.1, 0.15) is 34.2 Å². The summed E-state index contributed by atoms with van der Waals surface area (Å²) in [5.41, 5.74) is -3.69. The van der Waals surface area contributed by atoms with Gasteiger partial charge in [-0.25, -0.2) is 34.3 Å². The number of carbonyl (C=O) groups is 3. The maximum atomic E-state index is 14.9. The summed E-state index contributed by atoms with van der Waals surface area (Å²) in [5, 5.41) is 11.6. The topological polar surface area (TPSA) is 152 Å². The van der Waals surface area contributed by atoms with Gasteiger partial charge in [-0.15, -0.1) is 0 Å². The Morgan fingerprint density at radius 1 is 1.09 bits per heavy atom. The molecule has 3 heterocycles. The van der Waals surface area contributed by atoms with Gasteiger partial charge in [0.25, 0.3) is 11.9 Å². The average Bonchev–Trinajstić information content (AvgIpc) is 2.82. The minimum absolute atomic E-state index is 0.0702. The van der Waals surface area contributed by atoms with Gasteiger partial charge in [0, 0.05) is 12.6 Å². The third kappa shape index (κ3) is 10.4. The number of alkyl halides is 6. The fourth-order valence-corrected chi connectivity index (χ4v) is 3.73. The number of hydrogen-bond acceptors (Lipinski definition) is 8. The van der Waals surface area contributed by atoms with Gasteiger partial charge in [0.05, 0.1) is 10.0 Å². The van der Waals surface area contributed by atoms with Gasteiger partial charge < -0.3 is 19.9 Å². The highest BCUT2D eigenvalue weighted by Crippen LogP contribution is 2.40. The van der Waals surface area contributed by atoms with Crippen LogP contribution in [0.2, 0.25) is 10.0 Å². The molecular weight excluding hydrogens is 658 g/mol. The largest absolute Gasteiger partial charge is 0.490 e. The Labute approximate surface area is 253 Å². The van der Waals surface area contributed by atoms with Crippen molar-refractivity contribution in [2.24, 2.45) is 4.99 Å². The zero-order chi connectivity index (χ0) is 33.8. The molecule has 3 N–H and O–H groups in total. The number of nitrogens with one attached hydrogen (secondary N) is 2. The Balaban J connectivity index is 0.000000860. The monoisotopic (exact) mass is 679 g/mol. The number of rotatable bonds is 3. The molecule has 0 saturated heterocycles. The number of hydrogen-bond donors (Lipinski definition) is 3. The molecule has 0 unspecified atom stereocenters. The lowest BCUT2D eigenvalue weighted by Gasteiger charge is -2.36. The van der Waals surface area contributed by atoms with Gasteiger partial charge in [0.2, 0.25) is 0 Å².